The fourth-order valence-electron chi connectivity index (χ4n) is 2.04. The minimum Gasteiger partial charge on any atom is -0.409 e. The molecular weight excluding hydrogens is 232 g/mol. The molecule has 1 atom stereocenters. The van der Waals surface area contributed by atoms with Crippen molar-refractivity contribution in [3.8, 4) is 0 Å². The summed E-state index contributed by atoms with van der Waals surface area (Å²) in [5, 5.41) is 11.4. The first-order valence-corrected chi connectivity index (χ1v) is 5.83. The third-order valence-corrected chi connectivity index (χ3v) is 3.23. The minimum absolute atomic E-state index is 0.0263. The molecular formula is C11H18N6O. The van der Waals surface area contributed by atoms with E-state index in [0.717, 1.165) is 25.3 Å². The molecule has 18 heavy (non-hydrogen) atoms. The number of hydrogen-bond donors (Lipinski definition) is 2. The van der Waals surface area contributed by atoms with Crippen LogP contribution in [0.15, 0.2) is 17.5 Å². The molecule has 1 fully saturated rings. The second-order valence-corrected chi connectivity index (χ2v) is 4.60. The van der Waals surface area contributed by atoms with E-state index in [0.29, 0.717) is 11.7 Å². The molecule has 1 aliphatic rings. The summed E-state index contributed by atoms with van der Waals surface area (Å²) in [5.41, 5.74) is 5.82. The third kappa shape index (κ3) is 2.51. The number of nitrogens with two attached hydrogens (primary N) is 1. The SMILES string of the molecule is CN(C)C1CCN(c2cnc(C(N)=NO)cn2)C1. The van der Waals surface area contributed by atoms with Crippen LogP contribution in [0.1, 0.15) is 12.1 Å². The van der Waals surface area contributed by atoms with Crippen LogP contribution in [-0.2, 0) is 0 Å². The van der Waals surface area contributed by atoms with E-state index < -0.39 is 0 Å². The second-order valence-electron chi connectivity index (χ2n) is 4.60. The van der Waals surface area contributed by atoms with Gasteiger partial charge in [-0.3, -0.25) is 0 Å². The standard InChI is InChI=1S/C11H18N6O/c1-16(2)8-3-4-17(7-8)10-6-13-9(5-14-10)11(12)15-18/h5-6,8,18H,3-4,7H2,1-2H3,(H2,12,15). The van der Waals surface area contributed by atoms with Crippen LogP contribution < -0.4 is 10.6 Å². The van der Waals surface area contributed by atoms with Crippen molar-refractivity contribution in [3.05, 3.63) is 18.1 Å². The fourth-order valence-corrected chi connectivity index (χ4v) is 2.04. The smallest absolute Gasteiger partial charge is 0.190 e. The minimum atomic E-state index is -0.0263. The van der Waals surface area contributed by atoms with Gasteiger partial charge in [-0.2, -0.15) is 0 Å². The number of nitrogens with zero attached hydrogens (tertiary/aromatic N) is 5. The normalized spacial score (nSPS) is 20.7. The molecule has 1 aromatic heterocycles. The van der Waals surface area contributed by atoms with Crippen LogP contribution in [0.5, 0.6) is 0 Å². The first kappa shape index (κ1) is 12.6. The number of anilines is 1. The summed E-state index contributed by atoms with van der Waals surface area (Å²) < 4.78 is 0. The van der Waals surface area contributed by atoms with Gasteiger partial charge in [0, 0.05) is 19.1 Å². The molecule has 7 heteroatoms. The Hall–Kier alpha value is -1.89. The molecule has 98 valence electrons. The van der Waals surface area contributed by atoms with Gasteiger partial charge in [-0.1, -0.05) is 5.16 Å². The first-order chi connectivity index (χ1) is 8.61. The summed E-state index contributed by atoms with van der Waals surface area (Å²) >= 11 is 0. The lowest BCUT2D eigenvalue weighted by Crippen LogP contribution is -2.31. The lowest BCUT2D eigenvalue weighted by Gasteiger charge is -2.20. The molecule has 1 aliphatic heterocycles. The van der Waals surface area contributed by atoms with Crippen molar-refractivity contribution < 1.29 is 5.21 Å². The number of likely N-dealkylation sites (N-methyl/N-ethyl adjacent to an activating group) is 1. The summed E-state index contributed by atoms with van der Waals surface area (Å²) in [6, 6.07) is 0.551. The van der Waals surface area contributed by atoms with Gasteiger partial charge in [0.05, 0.1) is 12.4 Å². The number of amidine groups is 1. The Bertz CT molecular complexity index is 430. The zero-order valence-corrected chi connectivity index (χ0v) is 10.6. The molecule has 0 spiro atoms. The van der Waals surface area contributed by atoms with Crippen LogP contribution in [0.3, 0.4) is 0 Å². The molecule has 7 nitrogen and oxygen atoms in total. The Morgan fingerprint density at radius 2 is 2.28 bits per heavy atom. The van der Waals surface area contributed by atoms with E-state index in [9.17, 15) is 0 Å². The van der Waals surface area contributed by atoms with Gasteiger partial charge in [-0.25, -0.2) is 9.97 Å². The molecule has 1 unspecified atom stereocenters. The van der Waals surface area contributed by atoms with Crippen LogP contribution in [0.4, 0.5) is 5.82 Å². The van der Waals surface area contributed by atoms with E-state index in [4.69, 9.17) is 10.9 Å². The van der Waals surface area contributed by atoms with E-state index in [1.807, 2.05) is 0 Å². The number of hydrogen-bond acceptors (Lipinski definition) is 6. The molecule has 0 bridgehead atoms. The second kappa shape index (κ2) is 5.18. The predicted octanol–water partition coefficient (Wildman–Crippen LogP) is -0.289. The Balaban J connectivity index is 2.07. The van der Waals surface area contributed by atoms with Crippen LogP contribution in [0, 0.1) is 0 Å². The summed E-state index contributed by atoms with van der Waals surface area (Å²) in [7, 11) is 4.17. The van der Waals surface area contributed by atoms with Crippen LogP contribution in [-0.4, -0.2) is 59.1 Å². The summed E-state index contributed by atoms with van der Waals surface area (Å²) in [6.45, 7) is 1.92. The highest BCUT2D eigenvalue weighted by molar-refractivity contribution is 5.94. The first-order valence-electron chi connectivity index (χ1n) is 5.83. The highest BCUT2D eigenvalue weighted by atomic mass is 16.4. The Morgan fingerprint density at radius 1 is 1.50 bits per heavy atom. The summed E-state index contributed by atoms with van der Waals surface area (Å²) in [5.74, 6) is 0.801. The molecule has 0 aromatic carbocycles. The topological polar surface area (TPSA) is 90.9 Å². The van der Waals surface area contributed by atoms with Crippen LogP contribution >= 0.6 is 0 Å². The predicted molar refractivity (Wildman–Crippen MR) is 68.8 cm³/mol. The van der Waals surface area contributed by atoms with E-state index in [2.05, 4.69) is 39.0 Å². The van der Waals surface area contributed by atoms with E-state index >= 15 is 0 Å². The lowest BCUT2D eigenvalue weighted by atomic mass is 10.2. The van der Waals surface area contributed by atoms with Gasteiger partial charge >= 0.3 is 0 Å². The zero-order chi connectivity index (χ0) is 13.1. The zero-order valence-electron chi connectivity index (χ0n) is 10.6. The maximum absolute atomic E-state index is 8.54. The maximum atomic E-state index is 8.54. The van der Waals surface area contributed by atoms with E-state index in [1.165, 1.54) is 6.20 Å². The molecule has 1 saturated heterocycles. The molecule has 2 rings (SSSR count). The monoisotopic (exact) mass is 250 g/mol. The van der Waals surface area contributed by atoms with Crippen molar-refractivity contribution in [1.82, 2.24) is 14.9 Å². The van der Waals surface area contributed by atoms with Gasteiger partial charge in [0.1, 0.15) is 11.5 Å². The van der Waals surface area contributed by atoms with Gasteiger partial charge in [-0.15, -0.1) is 0 Å². The van der Waals surface area contributed by atoms with Crippen molar-refractivity contribution in [1.29, 1.82) is 0 Å². The van der Waals surface area contributed by atoms with Crippen LogP contribution in [0.25, 0.3) is 0 Å². The van der Waals surface area contributed by atoms with E-state index in [-0.39, 0.29) is 5.84 Å². The number of rotatable bonds is 3. The van der Waals surface area contributed by atoms with Gasteiger partial charge in [0.2, 0.25) is 0 Å². The Labute approximate surface area is 106 Å². The Morgan fingerprint density at radius 3 is 2.78 bits per heavy atom. The fraction of sp³-hybridized carbons (Fsp3) is 0.545. The molecule has 0 radical (unpaired) electrons. The molecule has 0 amide bonds. The lowest BCUT2D eigenvalue weighted by molar-refractivity contribution is 0.315. The van der Waals surface area contributed by atoms with Crippen molar-refractivity contribution in [2.45, 2.75) is 12.5 Å². The van der Waals surface area contributed by atoms with Crippen molar-refractivity contribution >= 4 is 11.7 Å². The molecule has 1 aromatic rings. The maximum Gasteiger partial charge on any atom is 0.190 e. The van der Waals surface area contributed by atoms with Gasteiger partial charge < -0.3 is 20.7 Å². The van der Waals surface area contributed by atoms with E-state index in [1.54, 1.807) is 6.20 Å². The Kier molecular flexibility index (Phi) is 3.61. The molecule has 0 saturated carbocycles. The van der Waals surface area contributed by atoms with Gasteiger partial charge in [0.15, 0.2) is 5.84 Å². The number of aromatic nitrogens is 2. The van der Waals surface area contributed by atoms with Gasteiger partial charge in [0.25, 0.3) is 0 Å². The summed E-state index contributed by atoms with van der Waals surface area (Å²) in [6.07, 6.45) is 4.30. The van der Waals surface area contributed by atoms with Gasteiger partial charge in [-0.05, 0) is 20.5 Å². The van der Waals surface area contributed by atoms with Crippen LogP contribution in [0.2, 0.25) is 0 Å². The molecule has 0 aliphatic carbocycles. The third-order valence-electron chi connectivity index (χ3n) is 3.23. The number of oxime groups is 1. The molecule has 2 heterocycles. The summed E-state index contributed by atoms with van der Waals surface area (Å²) in [4.78, 5) is 12.8. The van der Waals surface area contributed by atoms with Crippen molar-refractivity contribution in [2.75, 3.05) is 32.1 Å². The quantitative estimate of drug-likeness (QED) is 0.331. The highest BCUT2D eigenvalue weighted by Crippen LogP contribution is 2.19. The highest BCUT2D eigenvalue weighted by Gasteiger charge is 2.24. The largest absolute Gasteiger partial charge is 0.409 e. The molecule has 3 N–H and O–H groups in total. The average molecular weight is 250 g/mol. The van der Waals surface area contributed by atoms with Crippen molar-refractivity contribution in [3.63, 3.8) is 0 Å². The average Bonchev–Trinajstić information content (AvgIpc) is 2.88. The van der Waals surface area contributed by atoms with Crippen molar-refractivity contribution in [2.24, 2.45) is 10.9 Å².